The zero-order valence-corrected chi connectivity index (χ0v) is 12.7. The quantitative estimate of drug-likeness (QED) is 0.751. The first-order valence-electron chi connectivity index (χ1n) is 8.02. The molecule has 1 aliphatic carbocycles. The lowest BCUT2D eigenvalue weighted by molar-refractivity contribution is -0.122. The van der Waals surface area contributed by atoms with Crippen molar-refractivity contribution >= 4 is 28.3 Å². The Morgan fingerprint density at radius 2 is 1.64 bits per heavy atom. The van der Waals surface area contributed by atoms with Crippen molar-refractivity contribution in [1.29, 1.82) is 0 Å². The van der Waals surface area contributed by atoms with E-state index >= 15 is 0 Å². The van der Waals surface area contributed by atoms with Crippen LogP contribution in [0.15, 0.2) is 42.5 Å². The second-order valence-corrected chi connectivity index (χ2v) is 6.64. The molecule has 0 bridgehead atoms. The van der Waals surface area contributed by atoms with Crippen molar-refractivity contribution in [2.24, 2.45) is 17.8 Å². The monoisotopic (exact) mass is 293 g/mol. The minimum Gasteiger partial charge on any atom is -0.274 e. The molecule has 0 aromatic heterocycles. The molecule has 0 spiro atoms. The number of hydrogen-bond acceptors (Lipinski definition) is 2. The molecule has 0 unspecified atom stereocenters. The molecule has 1 aliphatic heterocycles. The Bertz CT molecular complexity index is 762. The maximum absolute atomic E-state index is 12.8. The van der Waals surface area contributed by atoms with E-state index in [0.717, 1.165) is 35.7 Å². The SMILES string of the molecule is C[C@@H]1CC[C@@H]2C(=O)N(c3cccc4ccccc34)C(=O)[C@H]2C1. The van der Waals surface area contributed by atoms with Crippen LogP contribution in [0.2, 0.25) is 0 Å². The van der Waals surface area contributed by atoms with E-state index in [4.69, 9.17) is 0 Å². The molecule has 0 N–H and O–H groups in total. The van der Waals surface area contributed by atoms with Crippen molar-refractivity contribution in [1.82, 2.24) is 0 Å². The second kappa shape index (κ2) is 4.94. The highest BCUT2D eigenvalue weighted by molar-refractivity contribution is 6.24. The number of fused-ring (bicyclic) bond motifs is 2. The summed E-state index contributed by atoms with van der Waals surface area (Å²) in [7, 11) is 0. The third-order valence-electron chi connectivity index (χ3n) is 5.20. The second-order valence-electron chi connectivity index (χ2n) is 6.64. The van der Waals surface area contributed by atoms with Crippen molar-refractivity contribution in [3.8, 4) is 0 Å². The van der Waals surface area contributed by atoms with Gasteiger partial charge in [0.25, 0.3) is 0 Å². The summed E-state index contributed by atoms with van der Waals surface area (Å²) in [5.74, 6) is 0.305. The van der Waals surface area contributed by atoms with E-state index in [9.17, 15) is 9.59 Å². The standard InChI is InChI=1S/C19H19NO2/c1-12-9-10-15-16(11-12)19(22)20(18(15)21)17-8-4-6-13-5-2-3-7-14(13)17/h2-8,12,15-16H,9-11H2,1H3/t12-,15+,16+/m1/s1. The maximum Gasteiger partial charge on any atom is 0.237 e. The molecule has 2 aromatic carbocycles. The topological polar surface area (TPSA) is 37.4 Å². The molecule has 1 saturated carbocycles. The lowest BCUT2D eigenvalue weighted by Crippen LogP contribution is -2.31. The van der Waals surface area contributed by atoms with Crippen LogP contribution < -0.4 is 4.90 Å². The fraction of sp³-hybridized carbons (Fsp3) is 0.368. The van der Waals surface area contributed by atoms with Crippen LogP contribution >= 0.6 is 0 Å². The van der Waals surface area contributed by atoms with Gasteiger partial charge in [-0.25, -0.2) is 4.90 Å². The maximum atomic E-state index is 12.8. The number of amides is 2. The van der Waals surface area contributed by atoms with Gasteiger partial charge in [0.15, 0.2) is 0 Å². The van der Waals surface area contributed by atoms with Gasteiger partial charge < -0.3 is 0 Å². The van der Waals surface area contributed by atoms with Crippen LogP contribution in [0, 0.1) is 17.8 Å². The molecule has 4 rings (SSSR count). The first-order valence-corrected chi connectivity index (χ1v) is 8.02. The van der Waals surface area contributed by atoms with Gasteiger partial charge in [-0.15, -0.1) is 0 Å². The van der Waals surface area contributed by atoms with Crippen LogP contribution in [0.3, 0.4) is 0 Å². The molecule has 22 heavy (non-hydrogen) atoms. The van der Waals surface area contributed by atoms with E-state index in [-0.39, 0.29) is 23.7 Å². The van der Waals surface area contributed by atoms with Crippen molar-refractivity contribution in [2.75, 3.05) is 4.90 Å². The Morgan fingerprint density at radius 1 is 0.909 bits per heavy atom. The minimum atomic E-state index is -0.116. The summed E-state index contributed by atoms with van der Waals surface area (Å²) in [4.78, 5) is 27.1. The van der Waals surface area contributed by atoms with Gasteiger partial charge in [0.1, 0.15) is 0 Å². The number of imide groups is 1. The average molecular weight is 293 g/mol. The molecule has 3 heteroatoms. The zero-order chi connectivity index (χ0) is 15.3. The number of carbonyl (C=O) groups excluding carboxylic acids is 2. The predicted octanol–water partition coefficient (Wildman–Crippen LogP) is 3.77. The molecule has 3 nitrogen and oxygen atoms in total. The van der Waals surface area contributed by atoms with Gasteiger partial charge in [-0.2, -0.15) is 0 Å². The van der Waals surface area contributed by atoms with Gasteiger partial charge >= 0.3 is 0 Å². The van der Waals surface area contributed by atoms with E-state index in [1.807, 2.05) is 42.5 Å². The predicted molar refractivity (Wildman–Crippen MR) is 86.4 cm³/mol. The van der Waals surface area contributed by atoms with Gasteiger partial charge in [0, 0.05) is 5.39 Å². The van der Waals surface area contributed by atoms with Gasteiger partial charge in [-0.1, -0.05) is 43.3 Å². The highest BCUT2D eigenvalue weighted by atomic mass is 16.2. The fourth-order valence-electron chi connectivity index (χ4n) is 4.03. The summed E-state index contributed by atoms with van der Waals surface area (Å²) in [6.07, 6.45) is 2.73. The average Bonchev–Trinajstić information content (AvgIpc) is 2.78. The number of hydrogen-bond donors (Lipinski definition) is 0. The third-order valence-corrected chi connectivity index (χ3v) is 5.20. The summed E-state index contributed by atoms with van der Waals surface area (Å²) in [5, 5.41) is 2.03. The van der Waals surface area contributed by atoms with E-state index < -0.39 is 0 Å². The molecule has 0 radical (unpaired) electrons. The summed E-state index contributed by atoms with van der Waals surface area (Å²) in [6.45, 7) is 2.18. The summed E-state index contributed by atoms with van der Waals surface area (Å²) < 4.78 is 0. The first kappa shape index (κ1) is 13.5. The number of anilines is 1. The summed E-state index contributed by atoms with van der Waals surface area (Å²) in [5.41, 5.74) is 0.746. The lowest BCUT2D eigenvalue weighted by atomic mass is 9.76. The van der Waals surface area contributed by atoms with E-state index in [1.54, 1.807) is 0 Å². The normalized spacial score (nSPS) is 28.2. The van der Waals surface area contributed by atoms with Gasteiger partial charge in [0.2, 0.25) is 11.8 Å². The van der Waals surface area contributed by atoms with Crippen molar-refractivity contribution in [3.05, 3.63) is 42.5 Å². The van der Waals surface area contributed by atoms with Crippen LogP contribution in [0.25, 0.3) is 10.8 Å². The third kappa shape index (κ3) is 1.88. The zero-order valence-electron chi connectivity index (χ0n) is 12.7. The lowest BCUT2D eigenvalue weighted by Gasteiger charge is -2.25. The number of benzene rings is 2. The molecule has 3 atom stereocenters. The minimum absolute atomic E-state index is 0.00162. The molecule has 2 aromatic rings. The van der Waals surface area contributed by atoms with Gasteiger partial charge in [-0.05, 0) is 36.6 Å². The molecule has 2 amide bonds. The largest absolute Gasteiger partial charge is 0.274 e. The molecule has 2 fully saturated rings. The number of rotatable bonds is 1. The molecular weight excluding hydrogens is 274 g/mol. The van der Waals surface area contributed by atoms with Gasteiger partial charge in [0.05, 0.1) is 17.5 Å². The summed E-state index contributed by atoms with van der Waals surface area (Å²) >= 11 is 0. The van der Waals surface area contributed by atoms with Crippen molar-refractivity contribution < 1.29 is 9.59 Å². The molecule has 2 aliphatic rings. The number of carbonyl (C=O) groups is 2. The molecule has 1 saturated heterocycles. The Morgan fingerprint density at radius 3 is 2.50 bits per heavy atom. The summed E-state index contributed by atoms with van der Waals surface area (Å²) in [6, 6.07) is 13.7. The Balaban J connectivity index is 1.82. The Kier molecular flexibility index (Phi) is 3.03. The van der Waals surface area contributed by atoms with E-state index in [0.29, 0.717) is 5.92 Å². The Hall–Kier alpha value is -2.16. The highest BCUT2D eigenvalue weighted by Gasteiger charge is 2.50. The van der Waals surface area contributed by atoms with Crippen LogP contribution in [-0.4, -0.2) is 11.8 Å². The van der Waals surface area contributed by atoms with Gasteiger partial charge in [-0.3, -0.25) is 9.59 Å². The van der Waals surface area contributed by atoms with Crippen molar-refractivity contribution in [2.45, 2.75) is 26.2 Å². The fourth-order valence-corrected chi connectivity index (χ4v) is 4.03. The molecule has 112 valence electrons. The van der Waals surface area contributed by atoms with Crippen LogP contribution in [-0.2, 0) is 9.59 Å². The van der Waals surface area contributed by atoms with E-state index in [1.165, 1.54) is 4.90 Å². The Labute approximate surface area is 129 Å². The van der Waals surface area contributed by atoms with Crippen LogP contribution in [0.1, 0.15) is 26.2 Å². The van der Waals surface area contributed by atoms with Crippen LogP contribution in [0.5, 0.6) is 0 Å². The molecule has 1 heterocycles. The highest BCUT2D eigenvalue weighted by Crippen LogP contribution is 2.43. The van der Waals surface area contributed by atoms with Crippen molar-refractivity contribution in [3.63, 3.8) is 0 Å². The first-order chi connectivity index (χ1) is 10.7. The van der Waals surface area contributed by atoms with E-state index in [2.05, 4.69) is 6.92 Å². The molecular formula is C19H19NO2. The van der Waals surface area contributed by atoms with Crippen LogP contribution in [0.4, 0.5) is 5.69 Å². The number of nitrogens with zero attached hydrogens (tertiary/aromatic N) is 1. The smallest absolute Gasteiger partial charge is 0.237 e.